The molecule has 0 aliphatic carbocycles. The van der Waals surface area contributed by atoms with E-state index < -0.39 is 0 Å². The molecule has 0 saturated heterocycles. The molecule has 90 valence electrons. The molecule has 0 aliphatic rings. The first-order valence-electron chi connectivity index (χ1n) is 5.10. The normalized spacial score (nSPS) is 12.1. The van der Waals surface area contributed by atoms with Crippen molar-refractivity contribution < 1.29 is 4.42 Å². The monoisotopic (exact) mass is 243 g/mol. The zero-order chi connectivity index (χ0) is 12.5. The lowest BCUT2D eigenvalue weighted by Crippen LogP contribution is -2.15. The van der Waals surface area contributed by atoms with Gasteiger partial charge in [-0.25, -0.2) is 4.99 Å². The molecule has 0 spiro atoms. The number of nitrogens with zero attached hydrogens (tertiary/aromatic N) is 3. The second-order valence-corrected chi connectivity index (χ2v) is 3.54. The molecule has 3 heterocycles. The maximum absolute atomic E-state index is 7.81. The average molecular weight is 243 g/mol. The lowest BCUT2D eigenvalue weighted by Gasteiger charge is -1.96. The largest absolute Gasteiger partial charge is 0.461 e. The molecule has 0 atom stereocenters. The maximum Gasteiger partial charge on any atom is 0.201 e. The van der Waals surface area contributed by atoms with Crippen LogP contribution in [0, 0.1) is 5.41 Å². The number of nitrogen functional groups attached to an aromatic ring is 1. The van der Waals surface area contributed by atoms with E-state index in [1.54, 1.807) is 18.3 Å². The van der Waals surface area contributed by atoms with Gasteiger partial charge in [-0.15, -0.1) is 0 Å². The third-order valence-corrected chi connectivity index (χ3v) is 2.33. The summed E-state index contributed by atoms with van der Waals surface area (Å²) >= 11 is 0. The van der Waals surface area contributed by atoms with E-state index in [9.17, 15) is 0 Å². The minimum absolute atomic E-state index is 0.00986. The summed E-state index contributed by atoms with van der Waals surface area (Å²) in [4.78, 5) is 10.9. The molecule has 0 fully saturated rings. The lowest BCUT2D eigenvalue weighted by atomic mass is 10.4. The smallest absolute Gasteiger partial charge is 0.201 e. The summed E-state index contributed by atoms with van der Waals surface area (Å²) in [6.45, 7) is 0. The van der Waals surface area contributed by atoms with Crippen LogP contribution in [0.25, 0.3) is 11.0 Å². The molecular weight excluding hydrogens is 234 g/mol. The molecule has 0 unspecified atom stereocenters. The summed E-state index contributed by atoms with van der Waals surface area (Å²) in [5, 5.41) is 15.0. The van der Waals surface area contributed by atoms with Gasteiger partial charge in [-0.3, -0.25) is 10.5 Å². The zero-order valence-electron chi connectivity index (χ0n) is 9.14. The minimum atomic E-state index is -0.00986. The van der Waals surface area contributed by atoms with Gasteiger partial charge in [0, 0.05) is 0 Å². The van der Waals surface area contributed by atoms with Gasteiger partial charge in [0.25, 0.3) is 0 Å². The predicted octanol–water partition coefficient (Wildman–Crippen LogP) is 0.387. The summed E-state index contributed by atoms with van der Waals surface area (Å²) in [7, 11) is 0. The number of hydrogen-bond donors (Lipinski definition) is 4. The van der Waals surface area contributed by atoms with Crippen molar-refractivity contribution in [1.29, 1.82) is 5.41 Å². The Labute approximate surface area is 100 Å². The zero-order valence-corrected chi connectivity index (χ0v) is 9.14. The Morgan fingerprint density at radius 2 is 2.39 bits per heavy atom. The predicted molar refractivity (Wildman–Crippen MR) is 63.8 cm³/mol. The first-order valence-corrected chi connectivity index (χ1v) is 5.10. The van der Waals surface area contributed by atoms with Crippen LogP contribution < -0.4 is 11.2 Å². The number of nitrogens with two attached hydrogens (primary N) is 1. The van der Waals surface area contributed by atoms with Crippen molar-refractivity contribution in [2.75, 3.05) is 5.73 Å². The maximum atomic E-state index is 7.81. The van der Waals surface area contributed by atoms with E-state index in [1.807, 2.05) is 0 Å². The highest BCUT2D eigenvalue weighted by Gasteiger charge is 2.05. The van der Waals surface area contributed by atoms with Crippen molar-refractivity contribution in [3.8, 4) is 0 Å². The average Bonchev–Trinajstić information content (AvgIpc) is 2.98. The van der Waals surface area contributed by atoms with Gasteiger partial charge in [0.1, 0.15) is 5.49 Å². The van der Waals surface area contributed by atoms with Gasteiger partial charge in [-0.2, -0.15) is 10.1 Å². The number of furan rings is 1. The Morgan fingerprint density at radius 3 is 3.17 bits per heavy atom. The molecular formula is C10H9N7O. The number of rotatable bonds is 1. The second kappa shape index (κ2) is 3.84. The molecule has 18 heavy (non-hydrogen) atoms. The van der Waals surface area contributed by atoms with E-state index in [1.165, 1.54) is 6.26 Å². The van der Waals surface area contributed by atoms with Crippen molar-refractivity contribution in [1.82, 2.24) is 20.2 Å². The van der Waals surface area contributed by atoms with Crippen LogP contribution in [0.4, 0.5) is 5.95 Å². The summed E-state index contributed by atoms with van der Waals surface area (Å²) in [6.07, 6.45) is 3.05. The SMILES string of the molecule is N=C(/N=c1\[nH]c(N)nc2[nH]ncc12)c1ccco1. The van der Waals surface area contributed by atoms with E-state index in [0.717, 1.165) is 0 Å². The van der Waals surface area contributed by atoms with E-state index >= 15 is 0 Å². The minimum Gasteiger partial charge on any atom is -0.461 e. The standard InChI is InChI=1S/C10H9N7O/c11-7(6-2-1-3-18-6)14-8-5-4-13-17-9(5)16-10(12)15-8/h1-4H,(H5,11,12,13,14,15,16,17). The number of aromatic amines is 2. The van der Waals surface area contributed by atoms with Gasteiger partial charge in [0.2, 0.25) is 5.95 Å². The fourth-order valence-corrected chi connectivity index (χ4v) is 1.54. The van der Waals surface area contributed by atoms with Crippen molar-refractivity contribution in [2.24, 2.45) is 4.99 Å². The number of nitrogens with one attached hydrogen (secondary N) is 3. The molecule has 0 radical (unpaired) electrons. The highest BCUT2D eigenvalue weighted by molar-refractivity contribution is 5.94. The number of H-pyrrole nitrogens is 2. The number of hydrogen-bond acceptors (Lipinski definition) is 5. The van der Waals surface area contributed by atoms with Crippen LogP contribution in [0.15, 0.2) is 34.0 Å². The number of anilines is 1. The molecule has 0 aromatic carbocycles. The molecule has 3 rings (SSSR count). The molecule has 0 amide bonds. The van der Waals surface area contributed by atoms with Gasteiger partial charge >= 0.3 is 0 Å². The summed E-state index contributed by atoms with van der Waals surface area (Å²) in [5.41, 5.74) is 6.53. The molecule has 8 heteroatoms. The lowest BCUT2D eigenvalue weighted by molar-refractivity contribution is 0.556. The number of amidine groups is 1. The van der Waals surface area contributed by atoms with E-state index in [2.05, 4.69) is 25.2 Å². The second-order valence-electron chi connectivity index (χ2n) is 3.54. The van der Waals surface area contributed by atoms with Gasteiger partial charge in [-0.1, -0.05) is 0 Å². The fraction of sp³-hybridized carbons (Fsp3) is 0. The molecule has 0 bridgehead atoms. The van der Waals surface area contributed by atoms with Crippen molar-refractivity contribution in [3.63, 3.8) is 0 Å². The van der Waals surface area contributed by atoms with Crippen molar-refractivity contribution in [3.05, 3.63) is 35.8 Å². The molecule has 0 saturated carbocycles. The Kier molecular flexibility index (Phi) is 2.19. The molecule has 3 aromatic heterocycles. The van der Waals surface area contributed by atoms with Crippen LogP contribution in [0.2, 0.25) is 0 Å². The third-order valence-electron chi connectivity index (χ3n) is 2.33. The topological polar surface area (TPSA) is 133 Å². The van der Waals surface area contributed by atoms with Crippen LogP contribution in [-0.4, -0.2) is 26.0 Å². The van der Waals surface area contributed by atoms with Crippen LogP contribution >= 0.6 is 0 Å². The van der Waals surface area contributed by atoms with Gasteiger partial charge < -0.3 is 15.1 Å². The number of aromatic nitrogens is 4. The quantitative estimate of drug-likeness (QED) is 0.363. The molecule has 3 aromatic rings. The van der Waals surface area contributed by atoms with E-state index in [-0.39, 0.29) is 11.8 Å². The van der Waals surface area contributed by atoms with Gasteiger partial charge in [0.05, 0.1) is 17.8 Å². The van der Waals surface area contributed by atoms with Crippen molar-refractivity contribution >= 4 is 22.8 Å². The van der Waals surface area contributed by atoms with Crippen LogP contribution in [0.5, 0.6) is 0 Å². The van der Waals surface area contributed by atoms with Gasteiger partial charge in [-0.05, 0) is 12.1 Å². The van der Waals surface area contributed by atoms with Crippen molar-refractivity contribution in [2.45, 2.75) is 0 Å². The first-order chi connectivity index (χ1) is 8.74. The Bertz CT molecular complexity index is 765. The highest BCUT2D eigenvalue weighted by atomic mass is 16.3. The molecule has 0 aliphatic heterocycles. The van der Waals surface area contributed by atoms with Crippen LogP contribution in [-0.2, 0) is 0 Å². The Hall–Kier alpha value is -2.90. The summed E-state index contributed by atoms with van der Waals surface area (Å²) in [6, 6.07) is 3.35. The van der Waals surface area contributed by atoms with E-state index in [0.29, 0.717) is 22.3 Å². The molecule has 5 N–H and O–H groups in total. The summed E-state index contributed by atoms with van der Waals surface area (Å²) in [5.74, 6) is 0.553. The fourth-order valence-electron chi connectivity index (χ4n) is 1.54. The first kappa shape index (κ1) is 10.3. The molecule has 8 nitrogen and oxygen atoms in total. The third kappa shape index (κ3) is 1.65. The van der Waals surface area contributed by atoms with Gasteiger partial charge in [0.15, 0.2) is 17.2 Å². The Morgan fingerprint density at radius 1 is 1.50 bits per heavy atom. The Balaban J connectivity index is 2.19. The number of fused-ring (bicyclic) bond motifs is 1. The highest BCUT2D eigenvalue weighted by Crippen LogP contribution is 2.04. The van der Waals surface area contributed by atoms with Crippen LogP contribution in [0.1, 0.15) is 5.76 Å². The van der Waals surface area contributed by atoms with E-state index in [4.69, 9.17) is 15.6 Å². The summed E-state index contributed by atoms with van der Waals surface area (Å²) < 4.78 is 5.09. The van der Waals surface area contributed by atoms with Crippen LogP contribution in [0.3, 0.4) is 0 Å².